The van der Waals surface area contributed by atoms with Gasteiger partial charge in [0.05, 0.1) is 5.56 Å². The van der Waals surface area contributed by atoms with E-state index in [1.807, 2.05) is 5.32 Å². The Balaban J connectivity index is 2.38. The molecule has 0 unspecified atom stereocenters. The first-order valence-electron chi connectivity index (χ1n) is 5.54. The molecular formula is C13H7BrF2N2O3. The number of carboxylic acid groups (broad SMARTS) is 1. The lowest BCUT2D eigenvalue weighted by atomic mass is 10.2. The van der Waals surface area contributed by atoms with Crippen molar-refractivity contribution in [2.75, 3.05) is 5.32 Å². The van der Waals surface area contributed by atoms with Crippen LogP contribution in [0.4, 0.5) is 14.5 Å². The van der Waals surface area contributed by atoms with Crippen molar-refractivity contribution in [1.29, 1.82) is 0 Å². The molecule has 0 spiro atoms. The van der Waals surface area contributed by atoms with Crippen molar-refractivity contribution in [3.8, 4) is 0 Å². The van der Waals surface area contributed by atoms with Crippen LogP contribution in [0.25, 0.3) is 0 Å². The average Bonchev–Trinajstić information content (AvgIpc) is 2.42. The maximum atomic E-state index is 13.6. The number of carboxylic acids is 1. The Hall–Kier alpha value is -2.35. The van der Waals surface area contributed by atoms with E-state index in [4.69, 9.17) is 5.11 Å². The maximum Gasteiger partial charge on any atom is 0.338 e. The SMILES string of the molecule is O=C(O)c1cccnc1C(=O)Nc1c(F)cc(Br)cc1F. The third-order valence-corrected chi connectivity index (χ3v) is 2.96. The van der Waals surface area contributed by atoms with Gasteiger partial charge in [-0.05, 0) is 24.3 Å². The number of hydrogen-bond donors (Lipinski definition) is 2. The second-order valence-corrected chi connectivity index (χ2v) is 4.82. The van der Waals surface area contributed by atoms with Gasteiger partial charge in [0.15, 0.2) is 11.6 Å². The summed E-state index contributed by atoms with van der Waals surface area (Å²) in [5, 5.41) is 10.9. The number of aromatic carboxylic acids is 1. The number of hydrogen-bond acceptors (Lipinski definition) is 3. The third-order valence-electron chi connectivity index (χ3n) is 2.50. The molecule has 0 fully saturated rings. The molecule has 2 aromatic rings. The zero-order chi connectivity index (χ0) is 15.6. The summed E-state index contributed by atoms with van der Waals surface area (Å²) in [6, 6.07) is 4.43. The number of carbonyl (C=O) groups excluding carboxylic acids is 1. The van der Waals surface area contributed by atoms with Gasteiger partial charge in [-0.15, -0.1) is 0 Å². The Labute approximate surface area is 125 Å². The van der Waals surface area contributed by atoms with Crippen molar-refractivity contribution in [2.24, 2.45) is 0 Å². The van der Waals surface area contributed by atoms with E-state index in [0.717, 1.165) is 12.1 Å². The molecule has 8 heteroatoms. The fourth-order valence-electron chi connectivity index (χ4n) is 1.59. The van der Waals surface area contributed by atoms with Crippen molar-refractivity contribution in [3.05, 3.63) is 57.8 Å². The Morgan fingerprint density at radius 1 is 1.24 bits per heavy atom. The summed E-state index contributed by atoms with van der Waals surface area (Å²) < 4.78 is 27.4. The molecule has 0 aliphatic carbocycles. The Morgan fingerprint density at radius 3 is 2.43 bits per heavy atom. The predicted octanol–water partition coefficient (Wildman–Crippen LogP) is 3.07. The number of amides is 1. The van der Waals surface area contributed by atoms with E-state index in [0.29, 0.717) is 0 Å². The van der Waals surface area contributed by atoms with Crippen LogP contribution in [-0.4, -0.2) is 22.0 Å². The number of carbonyl (C=O) groups is 2. The molecule has 0 aliphatic rings. The molecule has 1 aromatic heterocycles. The fraction of sp³-hybridized carbons (Fsp3) is 0. The molecule has 2 N–H and O–H groups in total. The van der Waals surface area contributed by atoms with Crippen LogP contribution in [0.5, 0.6) is 0 Å². The van der Waals surface area contributed by atoms with Crippen molar-refractivity contribution < 1.29 is 23.5 Å². The first kappa shape index (κ1) is 15.0. The molecule has 5 nitrogen and oxygen atoms in total. The minimum atomic E-state index is -1.37. The summed E-state index contributed by atoms with van der Waals surface area (Å²) in [5.41, 5.74) is -1.48. The van der Waals surface area contributed by atoms with Crippen LogP contribution in [-0.2, 0) is 0 Å². The van der Waals surface area contributed by atoms with Crippen LogP contribution in [0.1, 0.15) is 20.8 Å². The molecule has 0 atom stereocenters. The number of benzene rings is 1. The maximum absolute atomic E-state index is 13.6. The minimum Gasteiger partial charge on any atom is -0.478 e. The van der Waals surface area contributed by atoms with E-state index in [2.05, 4.69) is 20.9 Å². The number of nitrogens with one attached hydrogen (secondary N) is 1. The minimum absolute atomic E-state index is 0.166. The zero-order valence-electron chi connectivity index (χ0n) is 10.2. The molecule has 0 bridgehead atoms. The van der Waals surface area contributed by atoms with E-state index >= 15 is 0 Å². The van der Waals surface area contributed by atoms with Gasteiger partial charge < -0.3 is 10.4 Å². The second-order valence-electron chi connectivity index (χ2n) is 3.90. The average molecular weight is 357 g/mol. The van der Waals surface area contributed by atoms with Gasteiger partial charge in [0.25, 0.3) is 5.91 Å². The first-order valence-corrected chi connectivity index (χ1v) is 6.33. The van der Waals surface area contributed by atoms with Crippen LogP contribution in [0, 0.1) is 11.6 Å². The summed E-state index contributed by atoms with van der Waals surface area (Å²) in [5.74, 6) is -4.39. The molecule has 1 aromatic carbocycles. The van der Waals surface area contributed by atoms with Gasteiger partial charge in [-0.2, -0.15) is 0 Å². The molecular weight excluding hydrogens is 350 g/mol. The number of nitrogens with zero attached hydrogens (tertiary/aromatic N) is 1. The molecule has 21 heavy (non-hydrogen) atoms. The highest BCUT2D eigenvalue weighted by atomic mass is 79.9. The molecule has 0 saturated heterocycles. The van der Waals surface area contributed by atoms with Crippen molar-refractivity contribution in [2.45, 2.75) is 0 Å². The van der Waals surface area contributed by atoms with Gasteiger partial charge in [0, 0.05) is 10.7 Å². The largest absolute Gasteiger partial charge is 0.478 e. The second kappa shape index (κ2) is 5.96. The quantitative estimate of drug-likeness (QED) is 0.885. The van der Waals surface area contributed by atoms with Crippen LogP contribution < -0.4 is 5.32 Å². The number of aromatic nitrogens is 1. The molecule has 0 aliphatic heterocycles. The molecule has 2 rings (SSSR count). The van der Waals surface area contributed by atoms with Gasteiger partial charge in [0.1, 0.15) is 11.4 Å². The van der Waals surface area contributed by atoms with Gasteiger partial charge in [0.2, 0.25) is 0 Å². The van der Waals surface area contributed by atoms with E-state index in [1.165, 1.54) is 18.3 Å². The summed E-state index contributed by atoms with van der Waals surface area (Å²) in [6.07, 6.45) is 1.20. The van der Waals surface area contributed by atoms with Crippen LogP contribution in [0.2, 0.25) is 0 Å². The van der Waals surface area contributed by atoms with Crippen LogP contribution in [0.3, 0.4) is 0 Å². The van der Waals surface area contributed by atoms with E-state index < -0.39 is 34.9 Å². The van der Waals surface area contributed by atoms with Crippen molar-refractivity contribution in [1.82, 2.24) is 4.98 Å². The lowest BCUT2D eigenvalue weighted by Gasteiger charge is -2.09. The lowest BCUT2D eigenvalue weighted by molar-refractivity contribution is 0.0691. The normalized spacial score (nSPS) is 10.2. The highest BCUT2D eigenvalue weighted by Gasteiger charge is 2.20. The van der Waals surface area contributed by atoms with Crippen molar-refractivity contribution >= 4 is 33.5 Å². The number of anilines is 1. The summed E-state index contributed by atoms with van der Waals surface area (Å²) >= 11 is 2.91. The predicted molar refractivity (Wildman–Crippen MR) is 73.2 cm³/mol. The van der Waals surface area contributed by atoms with Crippen LogP contribution in [0.15, 0.2) is 34.9 Å². The highest BCUT2D eigenvalue weighted by Crippen LogP contribution is 2.24. The molecule has 1 amide bonds. The number of rotatable bonds is 3. The van der Waals surface area contributed by atoms with Gasteiger partial charge in [-0.1, -0.05) is 15.9 Å². The van der Waals surface area contributed by atoms with E-state index in [9.17, 15) is 18.4 Å². The van der Waals surface area contributed by atoms with Crippen LogP contribution >= 0.6 is 15.9 Å². The Bertz CT molecular complexity index is 714. The molecule has 0 radical (unpaired) electrons. The Kier molecular flexibility index (Phi) is 4.27. The summed E-state index contributed by atoms with van der Waals surface area (Å²) in [7, 11) is 0. The first-order chi connectivity index (χ1) is 9.90. The summed E-state index contributed by atoms with van der Waals surface area (Å²) in [6.45, 7) is 0. The third kappa shape index (κ3) is 3.22. The number of halogens is 3. The number of pyridine rings is 1. The standard InChI is InChI=1S/C13H7BrF2N2O3/c14-6-4-8(15)11(9(16)5-6)18-12(19)10-7(13(20)21)2-1-3-17-10/h1-5H,(H,18,19)(H,20,21). The topological polar surface area (TPSA) is 79.3 Å². The van der Waals surface area contributed by atoms with E-state index in [1.54, 1.807) is 0 Å². The zero-order valence-corrected chi connectivity index (χ0v) is 11.8. The Morgan fingerprint density at radius 2 is 1.86 bits per heavy atom. The summed E-state index contributed by atoms with van der Waals surface area (Å²) in [4.78, 5) is 26.6. The lowest BCUT2D eigenvalue weighted by Crippen LogP contribution is -2.19. The van der Waals surface area contributed by atoms with Gasteiger partial charge in [-0.3, -0.25) is 9.78 Å². The monoisotopic (exact) mass is 356 g/mol. The molecule has 1 heterocycles. The highest BCUT2D eigenvalue weighted by molar-refractivity contribution is 9.10. The van der Waals surface area contributed by atoms with Gasteiger partial charge in [-0.25, -0.2) is 13.6 Å². The fourth-order valence-corrected chi connectivity index (χ4v) is 2.00. The van der Waals surface area contributed by atoms with Gasteiger partial charge >= 0.3 is 5.97 Å². The van der Waals surface area contributed by atoms with Crippen molar-refractivity contribution in [3.63, 3.8) is 0 Å². The molecule has 108 valence electrons. The van der Waals surface area contributed by atoms with E-state index in [-0.39, 0.29) is 10.0 Å². The molecule has 0 saturated carbocycles. The smallest absolute Gasteiger partial charge is 0.338 e.